The van der Waals surface area contributed by atoms with Crippen molar-refractivity contribution in [2.24, 2.45) is 0 Å². The van der Waals surface area contributed by atoms with Gasteiger partial charge in [-0.2, -0.15) is 0 Å². The molecule has 0 aromatic heterocycles. The minimum Gasteiger partial charge on any atom is -0.467 e. The first-order valence-corrected chi connectivity index (χ1v) is 6.48. The molecule has 0 saturated carbocycles. The lowest BCUT2D eigenvalue weighted by Crippen LogP contribution is -2.47. The molecule has 0 aliphatic rings. The summed E-state index contributed by atoms with van der Waals surface area (Å²) in [6.45, 7) is 5.96. The Hall–Kier alpha value is -0.610. The summed E-state index contributed by atoms with van der Waals surface area (Å²) < 4.78 is 4.53. The summed E-state index contributed by atoms with van der Waals surface area (Å²) in [5, 5.41) is 13.0. The molecule has 0 spiro atoms. The summed E-state index contributed by atoms with van der Waals surface area (Å²) in [4.78, 5) is 11.2. The summed E-state index contributed by atoms with van der Waals surface area (Å²) in [5.74, 6) is -0.594. The van der Waals surface area contributed by atoms with E-state index in [4.69, 9.17) is 0 Å². The Morgan fingerprint density at radius 3 is 2.59 bits per heavy atom. The number of carbonyl (C=O) groups excluding carboxylic acids is 1. The number of unbranched alkanes of at least 4 members (excludes halogenated alkanes) is 3. The normalized spacial score (nSPS) is 16.3. The number of hydrogen-bond donors (Lipinski definition) is 2. The summed E-state index contributed by atoms with van der Waals surface area (Å²) in [7, 11) is 1.28. The fourth-order valence-corrected chi connectivity index (χ4v) is 1.64. The minimum atomic E-state index is -1.44. The van der Waals surface area contributed by atoms with E-state index in [1.165, 1.54) is 39.7 Å². The lowest BCUT2D eigenvalue weighted by atomic mass is 10.1. The first kappa shape index (κ1) is 16.4. The van der Waals surface area contributed by atoms with E-state index in [0.29, 0.717) is 6.04 Å². The van der Waals surface area contributed by atoms with E-state index in [1.54, 1.807) is 0 Å². The van der Waals surface area contributed by atoms with E-state index in [-0.39, 0.29) is 6.54 Å². The highest BCUT2D eigenvalue weighted by atomic mass is 16.5. The number of methoxy groups -OCH3 is 1. The molecule has 4 heteroatoms. The zero-order valence-corrected chi connectivity index (χ0v) is 11.6. The van der Waals surface area contributed by atoms with Crippen molar-refractivity contribution in [3.8, 4) is 0 Å². The van der Waals surface area contributed by atoms with Gasteiger partial charge in [0.15, 0.2) is 5.60 Å². The van der Waals surface area contributed by atoms with E-state index in [0.717, 1.165) is 6.42 Å². The molecule has 0 aliphatic carbocycles. The Morgan fingerprint density at radius 2 is 2.06 bits per heavy atom. The molecule has 0 radical (unpaired) electrons. The van der Waals surface area contributed by atoms with Crippen LogP contribution in [0.25, 0.3) is 0 Å². The SMILES string of the molecule is CCCCCCC(C)NCC(C)(O)C(=O)OC. The maximum Gasteiger partial charge on any atom is 0.338 e. The molecule has 0 aliphatic heterocycles. The highest BCUT2D eigenvalue weighted by molar-refractivity contribution is 5.78. The Labute approximate surface area is 105 Å². The average Bonchev–Trinajstić information content (AvgIpc) is 2.31. The van der Waals surface area contributed by atoms with E-state index in [1.807, 2.05) is 0 Å². The first-order valence-electron chi connectivity index (χ1n) is 6.48. The van der Waals surface area contributed by atoms with Crippen molar-refractivity contribution in [3.63, 3.8) is 0 Å². The largest absolute Gasteiger partial charge is 0.467 e. The summed E-state index contributed by atoms with van der Waals surface area (Å²) in [6.07, 6.45) is 6.00. The van der Waals surface area contributed by atoms with Gasteiger partial charge in [0.2, 0.25) is 0 Å². The van der Waals surface area contributed by atoms with E-state index >= 15 is 0 Å². The number of rotatable bonds is 9. The van der Waals surface area contributed by atoms with Crippen LogP contribution in [0.15, 0.2) is 0 Å². The van der Waals surface area contributed by atoms with Gasteiger partial charge in [-0.05, 0) is 20.3 Å². The Balaban J connectivity index is 3.75. The first-order chi connectivity index (χ1) is 7.94. The predicted octanol–water partition coefficient (Wildman–Crippen LogP) is 1.86. The van der Waals surface area contributed by atoms with E-state index in [2.05, 4.69) is 23.9 Å². The second-order valence-electron chi connectivity index (χ2n) is 4.90. The maximum absolute atomic E-state index is 11.2. The molecule has 0 aromatic carbocycles. The van der Waals surface area contributed by atoms with Crippen LogP contribution in [0, 0.1) is 0 Å². The van der Waals surface area contributed by atoms with Crippen LogP contribution < -0.4 is 5.32 Å². The molecule has 0 amide bonds. The molecule has 2 N–H and O–H groups in total. The van der Waals surface area contributed by atoms with Gasteiger partial charge in [0, 0.05) is 12.6 Å². The Bertz CT molecular complexity index is 217. The third-order valence-electron chi connectivity index (χ3n) is 2.91. The fraction of sp³-hybridized carbons (Fsp3) is 0.923. The monoisotopic (exact) mass is 245 g/mol. The average molecular weight is 245 g/mol. The van der Waals surface area contributed by atoms with Crippen molar-refractivity contribution in [1.29, 1.82) is 0 Å². The van der Waals surface area contributed by atoms with Gasteiger partial charge in [-0.1, -0.05) is 32.6 Å². The molecule has 2 unspecified atom stereocenters. The standard InChI is InChI=1S/C13H27NO3/c1-5-6-7-8-9-11(2)14-10-13(3,16)12(15)17-4/h11,14,16H,5-10H2,1-4H3. The zero-order valence-electron chi connectivity index (χ0n) is 11.6. The lowest BCUT2D eigenvalue weighted by molar-refractivity contribution is -0.160. The van der Waals surface area contributed by atoms with Crippen LogP contribution in [0.2, 0.25) is 0 Å². The molecule has 17 heavy (non-hydrogen) atoms. The van der Waals surface area contributed by atoms with Crippen molar-refractivity contribution in [2.45, 2.75) is 64.5 Å². The quantitative estimate of drug-likeness (QED) is 0.481. The maximum atomic E-state index is 11.2. The van der Waals surface area contributed by atoms with Crippen LogP contribution in [-0.2, 0) is 9.53 Å². The molecule has 0 aromatic rings. The molecule has 0 saturated heterocycles. The van der Waals surface area contributed by atoms with E-state index < -0.39 is 11.6 Å². The van der Waals surface area contributed by atoms with Crippen molar-refractivity contribution >= 4 is 5.97 Å². The van der Waals surface area contributed by atoms with E-state index in [9.17, 15) is 9.90 Å². The Kier molecular flexibility index (Phi) is 8.17. The number of esters is 1. The number of aliphatic hydroxyl groups is 1. The molecule has 102 valence electrons. The molecule has 2 atom stereocenters. The van der Waals surface area contributed by atoms with Crippen LogP contribution >= 0.6 is 0 Å². The van der Waals surface area contributed by atoms with Crippen LogP contribution in [0.4, 0.5) is 0 Å². The van der Waals surface area contributed by atoms with Gasteiger partial charge in [0.25, 0.3) is 0 Å². The van der Waals surface area contributed by atoms with Gasteiger partial charge in [0.1, 0.15) is 0 Å². The van der Waals surface area contributed by atoms with Crippen molar-refractivity contribution in [3.05, 3.63) is 0 Å². The lowest BCUT2D eigenvalue weighted by Gasteiger charge is -2.23. The van der Waals surface area contributed by atoms with Gasteiger partial charge >= 0.3 is 5.97 Å². The van der Waals surface area contributed by atoms with Gasteiger partial charge in [0.05, 0.1) is 7.11 Å². The second kappa shape index (κ2) is 8.48. The zero-order chi connectivity index (χ0) is 13.3. The highest BCUT2D eigenvalue weighted by Gasteiger charge is 2.31. The van der Waals surface area contributed by atoms with Crippen molar-refractivity contribution in [1.82, 2.24) is 5.32 Å². The second-order valence-corrected chi connectivity index (χ2v) is 4.90. The molecule has 0 heterocycles. The summed E-state index contributed by atoms with van der Waals surface area (Å²) >= 11 is 0. The molecule has 0 fully saturated rings. The summed E-state index contributed by atoms with van der Waals surface area (Å²) in [6, 6.07) is 0.308. The molecule has 0 bridgehead atoms. The topological polar surface area (TPSA) is 58.6 Å². The molecular weight excluding hydrogens is 218 g/mol. The van der Waals surface area contributed by atoms with Crippen molar-refractivity contribution < 1.29 is 14.6 Å². The number of hydrogen-bond acceptors (Lipinski definition) is 4. The third-order valence-corrected chi connectivity index (χ3v) is 2.91. The Morgan fingerprint density at radius 1 is 1.41 bits per heavy atom. The van der Waals surface area contributed by atoms with Gasteiger partial charge in [-0.25, -0.2) is 4.79 Å². The van der Waals surface area contributed by atoms with Crippen LogP contribution in [0.1, 0.15) is 52.9 Å². The summed E-state index contributed by atoms with van der Waals surface area (Å²) in [5.41, 5.74) is -1.44. The fourth-order valence-electron chi connectivity index (χ4n) is 1.64. The van der Waals surface area contributed by atoms with Crippen LogP contribution in [0.5, 0.6) is 0 Å². The highest BCUT2D eigenvalue weighted by Crippen LogP contribution is 2.08. The smallest absolute Gasteiger partial charge is 0.338 e. The van der Waals surface area contributed by atoms with Crippen LogP contribution in [-0.4, -0.2) is 36.4 Å². The van der Waals surface area contributed by atoms with Gasteiger partial charge in [-0.15, -0.1) is 0 Å². The number of ether oxygens (including phenoxy) is 1. The van der Waals surface area contributed by atoms with Crippen molar-refractivity contribution in [2.75, 3.05) is 13.7 Å². The number of carbonyl (C=O) groups is 1. The third kappa shape index (κ3) is 7.34. The molecule has 4 nitrogen and oxygen atoms in total. The van der Waals surface area contributed by atoms with Crippen LogP contribution in [0.3, 0.4) is 0 Å². The minimum absolute atomic E-state index is 0.231. The van der Waals surface area contributed by atoms with Gasteiger partial charge < -0.3 is 15.2 Å². The number of nitrogens with one attached hydrogen (secondary N) is 1. The predicted molar refractivity (Wildman–Crippen MR) is 68.9 cm³/mol. The molecule has 0 rings (SSSR count). The van der Waals surface area contributed by atoms with Gasteiger partial charge in [-0.3, -0.25) is 0 Å². The molecular formula is C13H27NO3.